The van der Waals surface area contributed by atoms with Gasteiger partial charge < -0.3 is 28.3 Å². The number of imidazole rings is 1. The van der Waals surface area contributed by atoms with Crippen molar-refractivity contribution in [2.24, 2.45) is 0 Å². The molecule has 0 N–H and O–H groups in total. The minimum absolute atomic E-state index is 0.00973. The summed E-state index contributed by atoms with van der Waals surface area (Å²) in [6.45, 7) is 20.5. The van der Waals surface area contributed by atoms with Gasteiger partial charge in [0.15, 0.2) is 17.0 Å². The second-order valence-electron chi connectivity index (χ2n) is 14.3. The third-order valence-corrected chi connectivity index (χ3v) is 5.24. The van der Waals surface area contributed by atoms with E-state index < -0.39 is 52.7 Å². The van der Waals surface area contributed by atoms with Gasteiger partial charge in [-0.2, -0.15) is 14.9 Å². The second kappa shape index (κ2) is 12.2. The Bertz CT molecular complexity index is 1350. The fourth-order valence-corrected chi connectivity index (χ4v) is 3.57. The third-order valence-electron chi connectivity index (χ3n) is 5.24. The predicted octanol–water partition coefficient (Wildman–Crippen LogP) is 5.97. The number of hydrogen-bond donors (Lipinski definition) is 0. The van der Waals surface area contributed by atoms with Crippen molar-refractivity contribution in [3.05, 3.63) is 6.33 Å². The Morgan fingerprint density at radius 3 is 1.55 bits per heavy atom. The highest BCUT2D eigenvalue weighted by Crippen LogP contribution is 2.31. The van der Waals surface area contributed by atoms with Crippen molar-refractivity contribution >= 4 is 47.3 Å². The molecule has 3 rings (SSSR count). The summed E-state index contributed by atoms with van der Waals surface area (Å²) in [4.78, 5) is 68.4. The monoisotopic (exact) mass is 620 g/mol. The minimum atomic E-state index is -1.14. The Morgan fingerprint density at radius 2 is 1.16 bits per heavy atom. The van der Waals surface area contributed by atoms with Gasteiger partial charge in [-0.3, -0.25) is 0 Å². The van der Waals surface area contributed by atoms with E-state index in [1.54, 1.807) is 87.7 Å². The number of fused-ring (bicyclic) bond motifs is 1. The molecular formula is C29H44N6O9. The van der Waals surface area contributed by atoms with Gasteiger partial charge in [-0.05, 0) is 89.5 Å². The average Bonchev–Trinajstić information content (AvgIpc) is 3.51. The van der Waals surface area contributed by atoms with Gasteiger partial charge in [0.25, 0.3) is 0 Å². The lowest BCUT2D eigenvalue weighted by Crippen LogP contribution is -2.46. The Hall–Kier alpha value is -4.01. The third kappa shape index (κ3) is 9.76. The number of amides is 4. The molecule has 44 heavy (non-hydrogen) atoms. The predicted molar refractivity (Wildman–Crippen MR) is 160 cm³/mol. The topological polar surface area (TPSA) is 168 Å². The molecule has 2 aromatic rings. The minimum Gasteiger partial charge on any atom is -0.443 e. The van der Waals surface area contributed by atoms with Gasteiger partial charge in [0.05, 0.1) is 19.0 Å². The van der Waals surface area contributed by atoms with Crippen LogP contribution < -0.4 is 9.80 Å². The van der Waals surface area contributed by atoms with Crippen LogP contribution in [0.15, 0.2) is 6.33 Å². The molecular weight excluding hydrogens is 576 g/mol. The van der Waals surface area contributed by atoms with Crippen molar-refractivity contribution in [3.8, 4) is 0 Å². The molecule has 0 spiro atoms. The summed E-state index contributed by atoms with van der Waals surface area (Å²) in [5.41, 5.74) is -3.95. The molecule has 1 atom stereocenters. The summed E-state index contributed by atoms with van der Waals surface area (Å²) in [5.74, 6) is -0.912. The molecule has 1 saturated heterocycles. The van der Waals surface area contributed by atoms with E-state index in [1.807, 2.05) is 0 Å². The number of hydrogen-bond acceptors (Lipinski definition) is 12. The van der Waals surface area contributed by atoms with E-state index in [1.165, 1.54) is 6.33 Å². The fraction of sp³-hybridized carbons (Fsp3) is 0.690. The van der Waals surface area contributed by atoms with E-state index in [0.29, 0.717) is 29.4 Å². The van der Waals surface area contributed by atoms with Gasteiger partial charge in [0.1, 0.15) is 22.4 Å². The molecule has 4 amide bonds. The average molecular weight is 621 g/mol. The molecule has 2 aromatic heterocycles. The number of carbonyl (C=O) groups is 4. The zero-order valence-corrected chi connectivity index (χ0v) is 27.6. The normalized spacial score (nSPS) is 15.4. The maximum Gasteiger partial charge on any atom is 0.427 e. The van der Waals surface area contributed by atoms with Crippen molar-refractivity contribution in [2.75, 3.05) is 16.4 Å². The van der Waals surface area contributed by atoms with Crippen LogP contribution in [0.1, 0.15) is 89.5 Å². The molecule has 1 aliphatic heterocycles. The maximum atomic E-state index is 13.6. The van der Waals surface area contributed by atoms with E-state index >= 15 is 0 Å². The summed E-state index contributed by atoms with van der Waals surface area (Å²) in [6.07, 6.45) is -2.41. The van der Waals surface area contributed by atoms with Gasteiger partial charge in [-0.25, -0.2) is 24.2 Å². The van der Waals surface area contributed by atoms with Gasteiger partial charge in [0.2, 0.25) is 5.95 Å². The van der Waals surface area contributed by atoms with Crippen molar-refractivity contribution in [1.29, 1.82) is 0 Å². The highest BCUT2D eigenvalue weighted by Gasteiger charge is 2.40. The summed E-state index contributed by atoms with van der Waals surface area (Å²) in [7, 11) is 0. The molecule has 0 bridgehead atoms. The van der Waals surface area contributed by atoms with Crippen molar-refractivity contribution in [3.63, 3.8) is 0 Å². The van der Waals surface area contributed by atoms with Crippen LogP contribution in [-0.4, -0.2) is 79.0 Å². The SMILES string of the molecule is CC(C)(C)OC(=O)N(C(=O)OC(C)(C)C)c1nc(N(C(=O)OC(C)(C)C)C(=O)OC(C)(C)C)c2ncn(CC[C@H]3CO3)c2n1. The van der Waals surface area contributed by atoms with E-state index in [9.17, 15) is 19.2 Å². The number of aryl methyl sites for hydroxylation is 1. The number of carbonyl (C=O) groups excluding carboxylic acids is 4. The van der Waals surface area contributed by atoms with Crippen LogP contribution in [0.4, 0.5) is 30.9 Å². The van der Waals surface area contributed by atoms with Crippen molar-refractivity contribution < 1.29 is 42.9 Å². The van der Waals surface area contributed by atoms with Crippen LogP contribution in [-0.2, 0) is 30.2 Å². The largest absolute Gasteiger partial charge is 0.443 e. The van der Waals surface area contributed by atoms with Crippen molar-refractivity contribution in [1.82, 2.24) is 19.5 Å². The molecule has 244 valence electrons. The van der Waals surface area contributed by atoms with Gasteiger partial charge in [0, 0.05) is 6.54 Å². The highest BCUT2D eigenvalue weighted by atomic mass is 16.6. The van der Waals surface area contributed by atoms with Crippen LogP contribution in [0.25, 0.3) is 11.2 Å². The number of aromatic nitrogens is 4. The smallest absolute Gasteiger partial charge is 0.427 e. The quantitative estimate of drug-likeness (QED) is 0.284. The van der Waals surface area contributed by atoms with E-state index in [2.05, 4.69) is 15.0 Å². The molecule has 15 nitrogen and oxygen atoms in total. The number of epoxide rings is 1. The molecule has 0 radical (unpaired) electrons. The molecule has 0 unspecified atom stereocenters. The fourth-order valence-electron chi connectivity index (χ4n) is 3.57. The Kier molecular flexibility index (Phi) is 9.54. The van der Waals surface area contributed by atoms with Gasteiger partial charge in [-0.15, -0.1) is 4.90 Å². The van der Waals surface area contributed by atoms with Crippen LogP contribution >= 0.6 is 0 Å². The standard InChI is InChI=1S/C29H44N6O9/c1-26(2,3)41-22(36)34(23(37)42-27(4,5)6)20-18-19(33(16-30-18)14-13-17-15-40-17)31-21(32-20)35(24(38)43-28(7,8)9)25(39)44-29(10,11)12/h16-17H,13-15H2,1-12H3/t17-/m0/s1. The summed E-state index contributed by atoms with van der Waals surface area (Å²) in [5, 5.41) is 0. The van der Waals surface area contributed by atoms with E-state index in [4.69, 9.17) is 23.7 Å². The molecule has 1 fully saturated rings. The number of imide groups is 2. The summed E-state index contributed by atoms with van der Waals surface area (Å²) >= 11 is 0. The number of anilines is 2. The number of rotatable bonds is 5. The lowest BCUT2D eigenvalue weighted by atomic mass is 10.2. The molecule has 15 heteroatoms. The van der Waals surface area contributed by atoms with Crippen molar-refractivity contribution in [2.45, 2.75) is 125 Å². The summed E-state index contributed by atoms with van der Waals surface area (Å²) < 4.78 is 29.0. The molecule has 1 aliphatic rings. The van der Waals surface area contributed by atoms with Crippen LogP contribution in [0.5, 0.6) is 0 Å². The van der Waals surface area contributed by atoms with E-state index in [-0.39, 0.29) is 23.1 Å². The Balaban J connectivity index is 2.31. The lowest BCUT2D eigenvalue weighted by Gasteiger charge is -2.29. The maximum absolute atomic E-state index is 13.6. The zero-order chi connectivity index (χ0) is 33.4. The zero-order valence-electron chi connectivity index (χ0n) is 27.6. The Labute approximate surface area is 257 Å². The van der Waals surface area contributed by atoms with Crippen LogP contribution in [0.2, 0.25) is 0 Å². The first kappa shape index (κ1) is 34.5. The van der Waals surface area contributed by atoms with Gasteiger partial charge in [-0.1, -0.05) is 0 Å². The first-order valence-corrected chi connectivity index (χ1v) is 14.3. The second-order valence-corrected chi connectivity index (χ2v) is 14.3. The van der Waals surface area contributed by atoms with E-state index in [0.717, 1.165) is 0 Å². The molecule has 0 saturated carbocycles. The van der Waals surface area contributed by atoms with Crippen LogP contribution in [0.3, 0.4) is 0 Å². The number of nitrogens with zero attached hydrogens (tertiary/aromatic N) is 6. The Morgan fingerprint density at radius 1 is 0.750 bits per heavy atom. The summed E-state index contributed by atoms with van der Waals surface area (Å²) in [6, 6.07) is 0. The van der Waals surface area contributed by atoms with Gasteiger partial charge >= 0.3 is 24.4 Å². The number of ether oxygens (including phenoxy) is 5. The molecule has 0 aromatic carbocycles. The first-order valence-electron chi connectivity index (χ1n) is 14.3. The molecule has 3 heterocycles. The molecule has 0 aliphatic carbocycles. The lowest BCUT2D eigenvalue weighted by molar-refractivity contribution is 0.0411. The van der Waals surface area contributed by atoms with Crippen LogP contribution in [0, 0.1) is 0 Å². The first-order chi connectivity index (χ1) is 19.9. The highest BCUT2D eigenvalue weighted by molar-refractivity contribution is 6.14.